The molecule has 0 bridgehead atoms. The quantitative estimate of drug-likeness (QED) is 0.0377. The third kappa shape index (κ3) is 39.4. The van der Waals surface area contributed by atoms with Gasteiger partial charge in [-0.3, -0.25) is 4.79 Å². The number of ether oxygens (including phenoxy) is 1. The summed E-state index contributed by atoms with van der Waals surface area (Å²) < 4.78 is 5.47. The zero-order valence-electron chi connectivity index (χ0n) is 32.2. The fourth-order valence-corrected chi connectivity index (χ4v) is 6.58. The summed E-state index contributed by atoms with van der Waals surface area (Å²) in [6, 6.07) is 0. The van der Waals surface area contributed by atoms with Crippen LogP contribution in [0.15, 0.2) is 12.2 Å². The first kappa shape index (κ1) is 45.2. The molecule has 0 aliphatic heterocycles. The van der Waals surface area contributed by atoms with Gasteiger partial charge in [0.05, 0.1) is 6.61 Å². The summed E-state index contributed by atoms with van der Waals surface area (Å²) in [6.07, 6.45) is 53.0. The summed E-state index contributed by atoms with van der Waals surface area (Å²) in [6.45, 7) is 7.62. The van der Waals surface area contributed by atoms with Gasteiger partial charge in [0, 0.05) is 6.42 Å². The Morgan fingerprint density at radius 3 is 1.22 bits per heavy atom. The van der Waals surface area contributed by atoms with Crippen molar-refractivity contribution in [3.8, 4) is 0 Å². The van der Waals surface area contributed by atoms with Gasteiger partial charge in [0.15, 0.2) is 0 Å². The van der Waals surface area contributed by atoms with Crippen LogP contribution in [0.3, 0.4) is 0 Å². The van der Waals surface area contributed by atoms with Gasteiger partial charge in [-0.15, -0.1) is 0 Å². The largest absolute Gasteiger partial charge is 0.466 e. The molecule has 274 valence electrons. The molecule has 46 heavy (non-hydrogen) atoms. The van der Waals surface area contributed by atoms with E-state index in [4.69, 9.17) is 4.74 Å². The van der Waals surface area contributed by atoms with Crippen molar-refractivity contribution < 1.29 is 9.53 Å². The number of hydrogen-bond acceptors (Lipinski definition) is 2. The molecule has 0 aromatic carbocycles. The molecule has 0 spiro atoms. The molecule has 0 aromatic rings. The second kappa shape index (κ2) is 40.4. The van der Waals surface area contributed by atoms with Gasteiger partial charge in [-0.1, -0.05) is 219 Å². The molecule has 0 amide bonds. The van der Waals surface area contributed by atoms with E-state index in [1.165, 1.54) is 212 Å². The van der Waals surface area contributed by atoms with Crippen LogP contribution in [-0.4, -0.2) is 12.6 Å². The summed E-state index contributed by atoms with van der Waals surface area (Å²) in [5, 5.41) is 0. The average Bonchev–Trinajstić information content (AvgIpc) is 3.06. The van der Waals surface area contributed by atoms with Crippen molar-refractivity contribution in [3.05, 3.63) is 12.2 Å². The number of hydrogen-bond donors (Lipinski definition) is 0. The molecular weight excluding hydrogens is 560 g/mol. The van der Waals surface area contributed by atoms with Gasteiger partial charge in [-0.05, 0) is 44.4 Å². The van der Waals surface area contributed by atoms with Crippen molar-refractivity contribution >= 4 is 5.97 Å². The second-order valence-corrected chi connectivity index (χ2v) is 14.9. The third-order valence-corrected chi connectivity index (χ3v) is 10.2. The van der Waals surface area contributed by atoms with Gasteiger partial charge < -0.3 is 4.74 Å². The number of unbranched alkanes of at least 4 members (excludes halogenated alkanes) is 30. The number of carbonyl (C=O) groups excluding carboxylic acids is 1. The summed E-state index contributed by atoms with van der Waals surface area (Å²) in [7, 11) is 0. The zero-order chi connectivity index (χ0) is 33.4. The number of carbonyl (C=O) groups is 1. The molecule has 0 N–H and O–H groups in total. The first-order valence-corrected chi connectivity index (χ1v) is 21.5. The Balaban J connectivity index is 3.17. The van der Waals surface area contributed by atoms with E-state index >= 15 is 0 Å². The first-order valence-electron chi connectivity index (χ1n) is 21.5. The predicted molar refractivity (Wildman–Crippen MR) is 207 cm³/mol. The Morgan fingerprint density at radius 2 is 0.804 bits per heavy atom. The molecule has 2 heteroatoms. The molecule has 0 saturated carbocycles. The molecule has 0 aliphatic carbocycles. The van der Waals surface area contributed by atoms with Crippen molar-refractivity contribution in [2.45, 2.75) is 252 Å². The predicted octanol–water partition coefficient (Wildman–Crippen LogP) is 15.8. The Hall–Kier alpha value is -0.790. The van der Waals surface area contributed by atoms with Crippen LogP contribution in [-0.2, 0) is 9.53 Å². The number of esters is 1. The lowest BCUT2D eigenvalue weighted by Crippen LogP contribution is -2.05. The standard InChI is InChI=1S/C44H86O2/c1-4-6-7-8-9-10-11-12-13-16-20-23-26-29-32-35-38-41-44(45)46-42-39-36-33-30-27-24-21-18-15-14-17-19-22-25-28-31-34-37-40-43(3)5-2/h10-11,43H,4-9,12-42H2,1-3H3. The Labute approximate surface area is 291 Å². The van der Waals surface area contributed by atoms with Gasteiger partial charge in [0.2, 0.25) is 0 Å². The molecule has 1 atom stereocenters. The third-order valence-electron chi connectivity index (χ3n) is 10.2. The smallest absolute Gasteiger partial charge is 0.305 e. The molecule has 0 radical (unpaired) electrons. The topological polar surface area (TPSA) is 26.3 Å². The van der Waals surface area contributed by atoms with Crippen molar-refractivity contribution in [2.75, 3.05) is 6.61 Å². The molecule has 0 fully saturated rings. The van der Waals surface area contributed by atoms with Gasteiger partial charge in [0.1, 0.15) is 0 Å². The minimum atomic E-state index is 0.0258. The van der Waals surface area contributed by atoms with Crippen molar-refractivity contribution in [2.24, 2.45) is 5.92 Å². The van der Waals surface area contributed by atoms with Gasteiger partial charge in [0.25, 0.3) is 0 Å². The van der Waals surface area contributed by atoms with E-state index in [-0.39, 0.29) is 5.97 Å². The lowest BCUT2D eigenvalue weighted by atomic mass is 9.99. The maximum Gasteiger partial charge on any atom is 0.305 e. The van der Waals surface area contributed by atoms with E-state index in [1.54, 1.807) is 0 Å². The summed E-state index contributed by atoms with van der Waals surface area (Å²) in [5.74, 6) is 0.958. The van der Waals surface area contributed by atoms with Crippen LogP contribution in [0.1, 0.15) is 252 Å². The SMILES string of the molecule is CCCCCCC=CCCCCCCCCCCCC(=O)OCCCCCCCCCCCCCCCCCCCCC(C)CC. The molecule has 0 aromatic heterocycles. The maximum atomic E-state index is 12.0. The van der Waals surface area contributed by atoms with E-state index in [0.29, 0.717) is 13.0 Å². The number of rotatable bonds is 39. The Bertz CT molecular complexity index is 597. The van der Waals surface area contributed by atoms with Crippen LogP contribution in [0, 0.1) is 5.92 Å². The highest BCUT2D eigenvalue weighted by atomic mass is 16.5. The molecular formula is C44H86O2. The van der Waals surface area contributed by atoms with E-state index in [1.807, 2.05) is 0 Å². The van der Waals surface area contributed by atoms with Gasteiger partial charge in [-0.25, -0.2) is 0 Å². The van der Waals surface area contributed by atoms with Crippen LogP contribution in [0.25, 0.3) is 0 Å². The van der Waals surface area contributed by atoms with Crippen LogP contribution in [0.2, 0.25) is 0 Å². The molecule has 0 saturated heterocycles. The van der Waals surface area contributed by atoms with Crippen molar-refractivity contribution in [1.82, 2.24) is 0 Å². The lowest BCUT2D eigenvalue weighted by Gasteiger charge is -2.07. The van der Waals surface area contributed by atoms with Crippen LogP contribution in [0.4, 0.5) is 0 Å². The molecule has 0 rings (SSSR count). The second-order valence-electron chi connectivity index (χ2n) is 14.9. The summed E-state index contributed by atoms with van der Waals surface area (Å²) >= 11 is 0. The zero-order valence-corrected chi connectivity index (χ0v) is 32.2. The highest BCUT2D eigenvalue weighted by molar-refractivity contribution is 5.69. The van der Waals surface area contributed by atoms with E-state index in [9.17, 15) is 4.79 Å². The minimum absolute atomic E-state index is 0.0258. The van der Waals surface area contributed by atoms with Crippen LogP contribution < -0.4 is 0 Å². The molecule has 0 heterocycles. The fraction of sp³-hybridized carbons (Fsp3) is 0.932. The lowest BCUT2D eigenvalue weighted by molar-refractivity contribution is -0.143. The van der Waals surface area contributed by atoms with Crippen molar-refractivity contribution in [1.29, 1.82) is 0 Å². The highest BCUT2D eigenvalue weighted by Gasteiger charge is 2.03. The van der Waals surface area contributed by atoms with Crippen LogP contribution in [0.5, 0.6) is 0 Å². The minimum Gasteiger partial charge on any atom is -0.466 e. The maximum absolute atomic E-state index is 12.0. The van der Waals surface area contributed by atoms with E-state index < -0.39 is 0 Å². The highest BCUT2D eigenvalue weighted by Crippen LogP contribution is 2.17. The first-order chi connectivity index (χ1) is 22.7. The van der Waals surface area contributed by atoms with Crippen molar-refractivity contribution in [3.63, 3.8) is 0 Å². The summed E-state index contributed by atoms with van der Waals surface area (Å²) in [5.41, 5.74) is 0. The average molecular weight is 647 g/mol. The Kier molecular flexibility index (Phi) is 39.7. The van der Waals surface area contributed by atoms with Gasteiger partial charge in [-0.2, -0.15) is 0 Å². The monoisotopic (exact) mass is 647 g/mol. The summed E-state index contributed by atoms with van der Waals surface area (Å²) in [4.78, 5) is 12.0. The van der Waals surface area contributed by atoms with Gasteiger partial charge >= 0.3 is 5.97 Å². The molecule has 1 unspecified atom stereocenters. The van der Waals surface area contributed by atoms with Crippen LogP contribution >= 0.6 is 0 Å². The normalized spacial score (nSPS) is 12.3. The molecule has 0 aliphatic rings. The van der Waals surface area contributed by atoms with E-state index in [0.717, 1.165) is 18.8 Å². The Morgan fingerprint density at radius 1 is 0.457 bits per heavy atom. The number of allylic oxidation sites excluding steroid dienone is 2. The fourth-order valence-electron chi connectivity index (χ4n) is 6.58. The molecule has 2 nitrogen and oxygen atoms in total. The van der Waals surface area contributed by atoms with E-state index in [2.05, 4.69) is 32.9 Å².